The molecule has 108 valence electrons. The monoisotopic (exact) mass is 281 g/mol. The van der Waals surface area contributed by atoms with Crippen molar-refractivity contribution in [2.24, 2.45) is 0 Å². The van der Waals surface area contributed by atoms with Crippen LogP contribution in [0.15, 0.2) is 48.5 Å². The fourth-order valence-electron chi connectivity index (χ4n) is 2.09. The Bertz CT molecular complexity index is 640. The van der Waals surface area contributed by atoms with Gasteiger partial charge < -0.3 is 5.32 Å². The Balaban J connectivity index is 2.17. The van der Waals surface area contributed by atoms with Gasteiger partial charge in [0, 0.05) is 23.7 Å². The number of benzene rings is 2. The normalized spacial score (nSPS) is 10.5. The second kappa shape index (κ2) is 6.35. The number of carbonyl (C=O) groups excluding carboxylic acids is 2. The van der Waals surface area contributed by atoms with Gasteiger partial charge >= 0.3 is 0 Å². The molecule has 0 fully saturated rings. The number of hydrogen-bond donors (Lipinski definition) is 1. The smallest absolute Gasteiger partial charge is 0.221 e. The van der Waals surface area contributed by atoms with E-state index in [2.05, 4.69) is 19.2 Å². The van der Waals surface area contributed by atoms with Crippen LogP contribution in [0.5, 0.6) is 0 Å². The maximum absolute atomic E-state index is 12.4. The molecule has 0 radical (unpaired) electrons. The van der Waals surface area contributed by atoms with E-state index in [1.54, 1.807) is 24.3 Å². The molecule has 0 aliphatic carbocycles. The molecule has 0 spiro atoms. The second-order valence-electron chi connectivity index (χ2n) is 5.36. The molecule has 0 aliphatic heterocycles. The maximum Gasteiger partial charge on any atom is 0.221 e. The van der Waals surface area contributed by atoms with E-state index in [0.717, 1.165) is 0 Å². The van der Waals surface area contributed by atoms with Crippen molar-refractivity contribution in [1.82, 2.24) is 0 Å². The molecule has 0 aliphatic rings. The van der Waals surface area contributed by atoms with Gasteiger partial charge in [-0.1, -0.05) is 38.1 Å². The second-order valence-corrected chi connectivity index (χ2v) is 5.36. The van der Waals surface area contributed by atoms with E-state index < -0.39 is 0 Å². The van der Waals surface area contributed by atoms with Crippen LogP contribution in [0, 0.1) is 0 Å². The van der Waals surface area contributed by atoms with Gasteiger partial charge in [-0.25, -0.2) is 0 Å². The number of amides is 1. The van der Waals surface area contributed by atoms with Crippen molar-refractivity contribution in [1.29, 1.82) is 0 Å². The summed E-state index contributed by atoms with van der Waals surface area (Å²) in [5.74, 6) is 0.309. The van der Waals surface area contributed by atoms with Crippen molar-refractivity contribution in [3.05, 3.63) is 65.2 Å². The molecular formula is C18H19NO2. The molecule has 0 unspecified atom stereocenters. The van der Waals surface area contributed by atoms with Crippen LogP contribution in [0.3, 0.4) is 0 Å². The highest BCUT2D eigenvalue weighted by Crippen LogP contribution is 2.18. The first-order chi connectivity index (χ1) is 9.97. The quantitative estimate of drug-likeness (QED) is 0.861. The van der Waals surface area contributed by atoms with Gasteiger partial charge in [0.1, 0.15) is 0 Å². The fourth-order valence-corrected chi connectivity index (χ4v) is 2.09. The molecule has 3 nitrogen and oxygen atoms in total. The summed E-state index contributed by atoms with van der Waals surface area (Å²) in [5, 5.41) is 2.68. The van der Waals surface area contributed by atoms with Gasteiger partial charge in [-0.3, -0.25) is 9.59 Å². The summed E-state index contributed by atoms with van der Waals surface area (Å²) < 4.78 is 0. The number of rotatable bonds is 4. The first kappa shape index (κ1) is 15.0. The number of hydrogen-bond acceptors (Lipinski definition) is 2. The lowest BCUT2D eigenvalue weighted by molar-refractivity contribution is -0.114. The van der Waals surface area contributed by atoms with Crippen molar-refractivity contribution in [3.8, 4) is 0 Å². The number of anilines is 1. The molecule has 0 saturated carbocycles. The van der Waals surface area contributed by atoms with Crippen LogP contribution in [0.25, 0.3) is 0 Å². The van der Waals surface area contributed by atoms with E-state index in [0.29, 0.717) is 22.7 Å². The summed E-state index contributed by atoms with van der Waals surface area (Å²) in [7, 11) is 0. The zero-order valence-electron chi connectivity index (χ0n) is 12.5. The van der Waals surface area contributed by atoms with E-state index in [-0.39, 0.29) is 11.7 Å². The summed E-state index contributed by atoms with van der Waals surface area (Å²) >= 11 is 0. The Kier molecular flexibility index (Phi) is 4.53. The average molecular weight is 281 g/mol. The van der Waals surface area contributed by atoms with Gasteiger partial charge in [0.25, 0.3) is 0 Å². The third kappa shape index (κ3) is 3.78. The van der Waals surface area contributed by atoms with Gasteiger partial charge in [-0.05, 0) is 35.7 Å². The largest absolute Gasteiger partial charge is 0.326 e. The molecular weight excluding hydrogens is 262 g/mol. The summed E-state index contributed by atoms with van der Waals surface area (Å²) in [5.41, 5.74) is 3.19. The number of ketones is 1. The summed E-state index contributed by atoms with van der Waals surface area (Å²) in [6, 6.07) is 14.6. The molecule has 0 aromatic heterocycles. The van der Waals surface area contributed by atoms with Gasteiger partial charge in [0.15, 0.2) is 5.78 Å². The SMILES string of the molecule is CC(=O)Nc1ccc(C(=O)c2ccc(C(C)C)cc2)cc1. The third-order valence-electron chi connectivity index (χ3n) is 3.31. The highest BCUT2D eigenvalue weighted by molar-refractivity contribution is 6.09. The van der Waals surface area contributed by atoms with Gasteiger partial charge in [0.05, 0.1) is 0 Å². The van der Waals surface area contributed by atoms with Crippen molar-refractivity contribution in [2.45, 2.75) is 26.7 Å². The molecule has 1 N–H and O–H groups in total. The Morgan fingerprint density at radius 1 is 0.857 bits per heavy atom. The minimum atomic E-state index is -0.127. The summed E-state index contributed by atoms with van der Waals surface area (Å²) in [4.78, 5) is 23.3. The van der Waals surface area contributed by atoms with E-state index >= 15 is 0 Å². The minimum Gasteiger partial charge on any atom is -0.326 e. The van der Waals surface area contributed by atoms with Crippen LogP contribution in [0.1, 0.15) is 48.2 Å². The zero-order valence-corrected chi connectivity index (χ0v) is 12.5. The molecule has 2 aromatic carbocycles. The molecule has 3 heteroatoms. The van der Waals surface area contributed by atoms with Gasteiger partial charge in [-0.15, -0.1) is 0 Å². The standard InChI is InChI=1S/C18H19NO2/c1-12(2)14-4-6-15(7-5-14)18(21)16-8-10-17(11-9-16)19-13(3)20/h4-12H,1-3H3,(H,19,20). The highest BCUT2D eigenvalue weighted by atomic mass is 16.1. The molecule has 1 amide bonds. The first-order valence-corrected chi connectivity index (χ1v) is 6.99. The van der Waals surface area contributed by atoms with Crippen LogP contribution in [-0.4, -0.2) is 11.7 Å². The van der Waals surface area contributed by atoms with E-state index in [1.165, 1.54) is 12.5 Å². The lowest BCUT2D eigenvalue weighted by Crippen LogP contribution is -2.06. The minimum absolute atomic E-state index is 0.0142. The Hall–Kier alpha value is -2.42. The predicted molar refractivity (Wildman–Crippen MR) is 84.7 cm³/mol. The van der Waals surface area contributed by atoms with Crippen LogP contribution in [0.4, 0.5) is 5.69 Å². The topological polar surface area (TPSA) is 46.2 Å². The zero-order chi connectivity index (χ0) is 15.4. The van der Waals surface area contributed by atoms with Crippen LogP contribution < -0.4 is 5.32 Å². The Labute approximate surface area is 125 Å². The first-order valence-electron chi connectivity index (χ1n) is 6.99. The van der Waals surface area contributed by atoms with Crippen molar-refractivity contribution >= 4 is 17.4 Å². The highest BCUT2D eigenvalue weighted by Gasteiger charge is 2.09. The van der Waals surface area contributed by atoms with Crippen molar-refractivity contribution in [2.75, 3.05) is 5.32 Å². The van der Waals surface area contributed by atoms with Crippen LogP contribution in [0.2, 0.25) is 0 Å². The Morgan fingerprint density at radius 2 is 1.33 bits per heavy atom. The molecule has 2 aromatic rings. The lowest BCUT2D eigenvalue weighted by atomic mass is 9.98. The maximum atomic E-state index is 12.4. The summed E-state index contributed by atoms with van der Waals surface area (Å²) in [6.07, 6.45) is 0. The molecule has 2 rings (SSSR count). The van der Waals surface area contributed by atoms with Crippen molar-refractivity contribution in [3.63, 3.8) is 0 Å². The van der Waals surface area contributed by atoms with Crippen molar-refractivity contribution < 1.29 is 9.59 Å². The van der Waals surface area contributed by atoms with Gasteiger partial charge in [-0.2, -0.15) is 0 Å². The van der Waals surface area contributed by atoms with Crippen LogP contribution in [-0.2, 0) is 4.79 Å². The predicted octanol–water partition coefficient (Wildman–Crippen LogP) is 4.00. The number of nitrogens with one attached hydrogen (secondary N) is 1. The fraction of sp³-hybridized carbons (Fsp3) is 0.222. The third-order valence-corrected chi connectivity index (χ3v) is 3.31. The van der Waals surface area contributed by atoms with E-state index in [1.807, 2.05) is 24.3 Å². The molecule has 0 heterocycles. The van der Waals surface area contributed by atoms with E-state index in [9.17, 15) is 9.59 Å². The van der Waals surface area contributed by atoms with Gasteiger partial charge in [0.2, 0.25) is 5.91 Å². The molecule has 21 heavy (non-hydrogen) atoms. The molecule has 0 saturated heterocycles. The molecule has 0 bridgehead atoms. The average Bonchev–Trinajstić information content (AvgIpc) is 2.47. The lowest BCUT2D eigenvalue weighted by Gasteiger charge is -2.07. The number of carbonyl (C=O) groups is 2. The summed E-state index contributed by atoms with van der Waals surface area (Å²) in [6.45, 7) is 5.70. The van der Waals surface area contributed by atoms with Crippen LogP contribution >= 0.6 is 0 Å². The molecule has 0 atom stereocenters. The van der Waals surface area contributed by atoms with E-state index in [4.69, 9.17) is 0 Å². The Morgan fingerprint density at radius 3 is 1.76 bits per heavy atom.